The number of benzene rings is 2. The summed E-state index contributed by atoms with van der Waals surface area (Å²) in [6, 6.07) is 18.1. The van der Waals surface area contributed by atoms with Gasteiger partial charge < -0.3 is 10.6 Å². The first-order valence-corrected chi connectivity index (χ1v) is 7.20. The lowest BCUT2D eigenvalue weighted by Crippen LogP contribution is -2.36. The zero-order valence-electron chi connectivity index (χ0n) is 12.9. The molecule has 0 saturated carbocycles. The number of aliphatic imine (C=N–C) groups is 1. The third kappa shape index (κ3) is 4.64. The van der Waals surface area contributed by atoms with Crippen LogP contribution >= 0.6 is 0 Å². The minimum atomic E-state index is 0.628. The summed E-state index contributed by atoms with van der Waals surface area (Å²) in [7, 11) is 1.75. The molecular formula is C18H20N4. The van der Waals surface area contributed by atoms with Crippen molar-refractivity contribution in [1.29, 1.82) is 5.26 Å². The van der Waals surface area contributed by atoms with Gasteiger partial charge in [0, 0.05) is 20.1 Å². The Morgan fingerprint density at radius 2 is 1.68 bits per heavy atom. The first kappa shape index (κ1) is 15.6. The SMILES string of the molecule is CN=C(NCc1cccc(C)c1)NCc1cccc(C#N)c1. The highest BCUT2D eigenvalue weighted by atomic mass is 15.2. The second-order valence-corrected chi connectivity index (χ2v) is 5.08. The number of nitriles is 1. The van der Waals surface area contributed by atoms with Gasteiger partial charge in [-0.1, -0.05) is 42.0 Å². The minimum Gasteiger partial charge on any atom is -0.352 e. The van der Waals surface area contributed by atoms with E-state index in [0.29, 0.717) is 12.1 Å². The fraction of sp³-hybridized carbons (Fsp3) is 0.222. The van der Waals surface area contributed by atoms with E-state index in [-0.39, 0.29) is 0 Å². The van der Waals surface area contributed by atoms with Gasteiger partial charge in [0.15, 0.2) is 5.96 Å². The topological polar surface area (TPSA) is 60.2 Å². The summed E-state index contributed by atoms with van der Waals surface area (Å²) in [6.07, 6.45) is 0. The highest BCUT2D eigenvalue weighted by Crippen LogP contribution is 2.04. The van der Waals surface area contributed by atoms with Crippen LogP contribution in [0.2, 0.25) is 0 Å². The number of nitrogens with zero attached hydrogens (tertiary/aromatic N) is 2. The van der Waals surface area contributed by atoms with E-state index < -0.39 is 0 Å². The lowest BCUT2D eigenvalue weighted by atomic mass is 10.1. The summed E-state index contributed by atoms with van der Waals surface area (Å²) >= 11 is 0. The molecule has 0 heterocycles. The van der Waals surface area contributed by atoms with Crippen molar-refractivity contribution in [3.8, 4) is 6.07 Å². The second-order valence-electron chi connectivity index (χ2n) is 5.08. The summed E-state index contributed by atoms with van der Waals surface area (Å²) in [5, 5.41) is 15.4. The van der Waals surface area contributed by atoms with E-state index in [2.05, 4.69) is 52.9 Å². The summed E-state index contributed by atoms with van der Waals surface area (Å²) < 4.78 is 0. The molecule has 0 aliphatic carbocycles. The lowest BCUT2D eigenvalue weighted by molar-refractivity contribution is 0.808. The first-order chi connectivity index (χ1) is 10.7. The van der Waals surface area contributed by atoms with Gasteiger partial charge in [-0.3, -0.25) is 4.99 Å². The summed E-state index contributed by atoms with van der Waals surface area (Å²) in [4.78, 5) is 4.21. The van der Waals surface area contributed by atoms with Crippen molar-refractivity contribution in [2.24, 2.45) is 4.99 Å². The first-order valence-electron chi connectivity index (χ1n) is 7.20. The van der Waals surface area contributed by atoms with Crippen LogP contribution in [-0.4, -0.2) is 13.0 Å². The van der Waals surface area contributed by atoms with Gasteiger partial charge in [0.05, 0.1) is 11.6 Å². The molecular weight excluding hydrogens is 272 g/mol. The van der Waals surface area contributed by atoms with Crippen LogP contribution in [0.1, 0.15) is 22.3 Å². The fourth-order valence-electron chi connectivity index (χ4n) is 2.17. The number of rotatable bonds is 4. The van der Waals surface area contributed by atoms with Crippen LogP contribution in [0.3, 0.4) is 0 Å². The van der Waals surface area contributed by atoms with Gasteiger partial charge in [-0.2, -0.15) is 5.26 Å². The van der Waals surface area contributed by atoms with Crippen LogP contribution in [0.4, 0.5) is 0 Å². The van der Waals surface area contributed by atoms with Gasteiger partial charge >= 0.3 is 0 Å². The van der Waals surface area contributed by atoms with Crippen molar-refractivity contribution >= 4 is 5.96 Å². The maximum atomic E-state index is 8.91. The molecule has 2 aromatic rings. The van der Waals surface area contributed by atoms with Crippen LogP contribution in [0, 0.1) is 18.3 Å². The number of aryl methyl sites for hydroxylation is 1. The second kappa shape index (κ2) is 7.84. The van der Waals surface area contributed by atoms with Crippen molar-refractivity contribution in [2.45, 2.75) is 20.0 Å². The molecule has 0 aliphatic rings. The largest absolute Gasteiger partial charge is 0.352 e. The van der Waals surface area contributed by atoms with E-state index in [1.54, 1.807) is 13.1 Å². The Balaban J connectivity index is 1.89. The highest BCUT2D eigenvalue weighted by molar-refractivity contribution is 5.79. The minimum absolute atomic E-state index is 0.628. The molecule has 0 unspecified atom stereocenters. The lowest BCUT2D eigenvalue weighted by Gasteiger charge is -2.12. The summed E-state index contributed by atoms with van der Waals surface area (Å²) in [5.41, 5.74) is 4.18. The van der Waals surface area contributed by atoms with Crippen LogP contribution in [-0.2, 0) is 13.1 Å². The van der Waals surface area contributed by atoms with Crippen molar-refractivity contribution in [3.63, 3.8) is 0 Å². The molecule has 0 aliphatic heterocycles. The van der Waals surface area contributed by atoms with Gasteiger partial charge in [-0.15, -0.1) is 0 Å². The standard InChI is InChI=1S/C18H20N4/c1-14-5-3-7-16(9-14)12-21-18(20-2)22-13-17-8-4-6-15(10-17)11-19/h3-10H,12-13H2,1-2H3,(H2,20,21,22). The van der Waals surface area contributed by atoms with E-state index in [4.69, 9.17) is 5.26 Å². The summed E-state index contributed by atoms with van der Waals surface area (Å²) in [5.74, 6) is 0.740. The number of nitrogens with one attached hydrogen (secondary N) is 2. The zero-order chi connectivity index (χ0) is 15.8. The Labute approximate surface area is 131 Å². The number of hydrogen-bond acceptors (Lipinski definition) is 2. The third-order valence-corrected chi connectivity index (χ3v) is 3.28. The number of guanidine groups is 1. The Hall–Kier alpha value is -2.80. The van der Waals surface area contributed by atoms with Crippen LogP contribution in [0.15, 0.2) is 53.5 Å². The van der Waals surface area contributed by atoms with E-state index in [9.17, 15) is 0 Å². The Morgan fingerprint density at radius 1 is 1.05 bits per heavy atom. The molecule has 0 radical (unpaired) electrons. The van der Waals surface area contributed by atoms with Crippen LogP contribution in [0.25, 0.3) is 0 Å². The van der Waals surface area contributed by atoms with E-state index in [1.165, 1.54) is 11.1 Å². The molecule has 2 aromatic carbocycles. The Bertz CT molecular complexity index is 698. The molecule has 4 heteroatoms. The highest BCUT2D eigenvalue weighted by Gasteiger charge is 2.00. The van der Waals surface area contributed by atoms with Gasteiger partial charge in [0.25, 0.3) is 0 Å². The Morgan fingerprint density at radius 3 is 2.27 bits per heavy atom. The molecule has 2 N–H and O–H groups in total. The monoisotopic (exact) mass is 292 g/mol. The quantitative estimate of drug-likeness (QED) is 0.673. The average molecular weight is 292 g/mol. The smallest absolute Gasteiger partial charge is 0.191 e. The third-order valence-electron chi connectivity index (χ3n) is 3.28. The van der Waals surface area contributed by atoms with E-state index in [1.807, 2.05) is 18.2 Å². The molecule has 2 rings (SSSR count). The number of hydrogen-bond donors (Lipinski definition) is 2. The van der Waals surface area contributed by atoms with E-state index >= 15 is 0 Å². The van der Waals surface area contributed by atoms with E-state index in [0.717, 1.165) is 18.1 Å². The molecule has 0 saturated heterocycles. The van der Waals surface area contributed by atoms with Gasteiger partial charge in [-0.25, -0.2) is 0 Å². The molecule has 22 heavy (non-hydrogen) atoms. The average Bonchev–Trinajstić information content (AvgIpc) is 2.55. The van der Waals surface area contributed by atoms with Crippen LogP contribution in [0.5, 0.6) is 0 Å². The molecule has 0 aromatic heterocycles. The Kier molecular flexibility index (Phi) is 5.56. The van der Waals surface area contributed by atoms with Crippen molar-refractivity contribution < 1.29 is 0 Å². The van der Waals surface area contributed by atoms with Gasteiger partial charge in [-0.05, 0) is 30.2 Å². The normalized spacial score (nSPS) is 10.9. The fourth-order valence-corrected chi connectivity index (χ4v) is 2.17. The van der Waals surface area contributed by atoms with Crippen LogP contribution < -0.4 is 10.6 Å². The van der Waals surface area contributed by atoms with Crippen molar-refractivity contribution in [2.75, 3.05) is 7.05 Å². The maximum Gasteiger partial charge on any atom is 0.191 e. The van der Waals surface area contributed by atoms with Crippen molar-refractivity contribution in [3.05, 3.63) is 70.8 Å². The molecule has 0 amide bonds. The predicted octanol–water partition coefficient (Wildman–Crippen LogP) is 2.73. The summed E-state index contributed by atoms with van der Waals surface area (Å²) in [6.45, 7) is 3.43. The zero-order valence-corrected chi connectivity index (χ0v) is 12.9. The molecule has 0 atom stereocenters. The molecule has 0 fully saturated rings. The van der Waals surface area contributed by atoms with Gasteiger partial charge in [0.2, 0.25) is 0 Å². The molecule has 0 bridgehead atoms. The van der Waals surface area contributed by atoms with Gasteiger partial charge in [0.1, 0.15) is 0 Å². The maximum absolute atomic E-state index is 8.91. The molecule has 0 spiro atoms. The van der Waals surface area contributed by atoms with Crippen molar-refractivity contribution in [1.82, 2.24) is 10.6 Å². The predicted molar refractivity (Wildman–Crippen MR) is 89.4 cm³/mol. The molecule has 4 nitrogen and oxygen atoms in total. The molecule has 112 valence electrons.